The van der Waals surface area contributed by atoms with Crippen molar-refractivity contribution in [2.24, 2.45) is 0 Å². The first-order valence-electron chi connectivity index (χ1n) is 6.62. The third kappa shape index (κ3) is 1.60. The maximum atomic E-state index is 4.63. The molecule has 0 unspecified atom stereocenters. The zero-order valence-corrected chi connectivity index (χ0v) is 11.1. The molecule has 1 N–H and O–H groups in total. The first-order valence-corrected chi connectivity index (χ1v) is 6.62. The Morgan fingerprint density at radius 3 is 2.70 bits per heavy atom. The summed E-state index contributed by atoms with van der Waals surface area (Å²) in [7, 11) is 0. The van der Waals surface area contributed by atoms with Crippen LogP contribution in [0.4, 0.5) is 0 Å². The van der Waals surface area contributed by atoms with Crippen LogP contribution in [-0.4, -0.2) is 15.0 Å². The molecule has 0 amide bonds. The Hall–Kier alpha value is -2.68. The molecule has 0 fully saturated rings. The molecule has 96 valence electrons. The van der Waals surface area contributed by atoms with Crippen LogP contribution in [0.25, 0.3) is 33.3 Å². The lowest BCUT2D eigenvalue weighted by Gasteiger charge is -2.03. The van der Waals surface area contributed by atoms with E-state index >= 15 is 0 Å². The number of rotatable bonds is 1. The molecule has 0 radical (unpaired) electrons. The molecule has 0 aliphatic rings. The van der Waals surface area contributed by atoms with Gasteiger partial charge in [-0.25, -0.2) is 9.97 Å². The van der Waals surface area contributed by atoms with Crippen LogP contribution in [0.15, 0.2) is 54.7 Å². The highest BCUT2D eigenvalue weighted by atomic mass is 15.0. The Labute approximate surface area is 116 Å². The Morgan fingerprint density at radius 2 is 1.80 bits per heavy atom. The third-order valence-electron chi connectivity index (χ3n) is 3.65. The second-order valence-corrected chi connectivity index (χ2v) is 4.94. The van der Waals surface area contributed by atoms with Gasteiger partial charge in [0.05, 0.1) is 5.52 Å². The van der Waals surface area contributed by atoms with Gasteiger partial charge in [-0.1, -0.05) is 42.5 Å². The SMILES string of the molecule is Cc1ccnc2nc(-c3cccc4ccccc34)[nH]c12. The van der Waals surface area contributed by atoms with Gasteiger partial charge in [0.1, 0.15) is 5.82 Å². The van der Waals surface area contributed by atoms with Crippen LogP contribution in [0.1, 0.15) is 5.56 Å². The largest absolute Gasteiger partial charge is 0.336 e. The lowest BCUT2D eigenvalue weighted by atomic mass is 10.0. The predicted molar refractivity (Wildman–Crippen MR) is 81.6 cm³/mol. The van der Waals surface area contributed by atoms with Crippen molar-refractivity contribution in [3.63, 3.8) is 0 Å². The summed E-state index contributed by atoms with van der Waals surface area (Å²) in [5.41, 5.74) is 4.05. The normalized spacial score (nSPS) is 11.2. The fourth-order valence-electron chi connectivity index (χ4n) is 2.59. The van der Waals surface area contributed by atoms with E-state index < -0.39 is 0 Å². The van der Waals surface area contributed by atoms with Gasteiger partial charge in [-0.3, -0.25) is 0 Å². The molecule has 4 rings (SSSR count). The van der Waals surface area contributed by atoms with Gasteiger partial charge in [-0.05, 0) is 29.3 Å². The molecule has 0 saturated heterocycles. The average molecular weight is 259 g/mol. The lowest BCUT2D eigenvalue weighted by molar-refractivity contribution is 1.30. The minimum absolute atomic E-state index is 0.771. The summed E-state index contributed by atoms with van der Waals surface area (Å²) < 4.78 is 0. The third-order valence-corrected chi connectivity index (χ3v) is 3.65. The number of H-pyrrole nitrogens is 1. The first kappa shape index (κ1) is 11.2. The molecule has 0 saturated carbocycles. The summed E-state index contributed by atoms with van der Waals surface area (Å²) in [6.07, 6.45) is 1.80. The van der Waals surface area contributed by atoms with Crippen LogP contribution < -0.4 is 0 Å². The molecule has 20 heavy (non-hydrogen) atoms. The molecular weight excluding hydrogens is 246 g/mol. The highest BCUT2D eigenvalue weighted by Crippen LogP contribution is 2.28. The topological polar surface area (TPSA) is 41.6 Å². The Bertz CT molecular complexity index is 916. The fourth-order valence-corrected chi connectivity index (χ4v) is 2.59. The van der Waals surface area contributed by atoms with E-state index in [1.165, 1.54) is 10.8 Å². The maximum absolute atomic E-state index is 4.63. The molecule has 3 nitrogen and oxygen atoms in total. The van der Waals surface area contributed by atoms with Crippen molar-refractivity contribution >= 4 is 21.9 Å². The van der Waals surface area contributed by atoms with E-state index in [0.29, 0.717) is 0 Å². The van der Waals surface area contributed by atoms with Gasteiger partial charge in [-0.2, -0.15) is 0 Å². The number of pyridine rings is 1. The second kappa shape index (κ2) is 4.17. The zero-order chi connectivity index (χ0) is 13.5. The molecule has 0 aliphatic heterocycles. The summed E-state index contributed by atoms with van der Waals surface area (Å²) in [5.74, 6) is 0.874. The number of fused-ring (bicyclic) bond motifs is 2. The smallest absolute Gasteiger partial charge is 0.178 e. The van der Waals surface area contributed by atoms with Gasteiger partial charge in [0, 0.05) is 11.8 Å². The lowest BCUT2D eigenvalue weighted by Crippen LogP contribution is -1.83. The van der Waals surface area contributed by atoms with E-state index in [4.69, 9.17) is 0 Å². The van der Waals surface area contributed by atoms with Crippen molar-refractivity contribution < 1.29 is 0 Å². The highest BCUT2D eigenvalue weighted by molar-refractivity contribution is 5.96. The first-order chi connectivity index (χ1) is 9.83. The number of benzene rings is 2. The summed E-state index contributed by atoms with van der Waals surface area (Å²) >= 11 is 0. The minimum atomic E-state index is 0.771. The van der Waals surface area contributed by atoms with Crippen molar-refractivity contribution in [2.45, 2.75) is 6.92 Å². The van der Waals surface area contributed by atoms with Crippen LogP contribution in [0.3, 0.4) is 0 Å². The van der Waals surface area contributed by atoms with Crippen LogP contribution in [-0.2, 0) is 0 Å². The average Bonchev–Trinajstić information content (AvgIpc) is 2.92. The van der Waals surface area contributed by atoms with E-state index in [1.54, 1.807) is 6.20 Å². The maximum Gasteiger partial charge on any atom is 0.178 e. The van der Waals surface area contributed by atoms with Gasteiger partial charge in [-0.15, -0.1) is 0 Å². The monoisotopic (exact) mass is 259 g/mol. The number of hydrogen-bond donors (Lipinski definition) is 1. The van der Waals surface area contributed by atoms with Crippen molar-refractivity contribution in [3.8, 4) is 11.4 Å². The molecule has 0 atom stereocenters. The van der Waals surface area contributed by atoms with Crippen LogP contribution in [0.5, 0.6) is 0 Å². The molecular formula is C17H13N3. The minimum Gasteiger partial charge on any atom is -0.336 e. The number of aryl methyl sites for hydroxylation is 1. The van der Waals surface area contributed by atoms with Crippen molar-refractivity contribution in [1.29, 1.82) is 0 Å². The van der Waals surface area contributed by atoms with E-state index in [1.807, 2.05) is 6.07 Å². The van der Waals surface area contributed by atoms with Gasteiger partial charge in [0.15, 0.2) is 5.65 Å². The number of aromatic amines is 1. The molecule has 2 heterocycles. The van der Waals surface area contributed by atoms with E-state index in [2.05, 4.69) is 64.3 Å². The molecule has 0 bridgehead atoms. The van der Waals surface area contributed by atoms with Gasteiger partial charge in [0.2, 0.25) is 0 Å². The van der Waals surface area contributed by atoms with Gasteiger partial charge in [0.25, 0.3) is 0 Å². The van der Waals surface area contributed by atoms with Gasteiger partial charge >= 0.3 is 0 Å². The van der Waals surface area contributed by atoms with Crippen molar-refractivity contribution in [2.75, 3.05) is 0 Å². The number of imidazole rings is 1. The molecule has 2 aromatic carbocycles. The van der Waals surface area contributed by atoms with Crippen molar-refractivity contribution in [3.05, 3.63) is 60.3 Å². The summed E-state index contributed by atoms with van der Waals surface area (Å²) in [5, 5.41) is 2.42. The number of nitrogens with zero attached hydrogens (tertiary/aromatic N) is 2. The summed E-state index contributed by atoms with van der Waals surface area (Å²) in [4.78, 5) is 12.4. The molecule has 4 aromatic rings. The highest BCUT2D eigenvalue weighted by Gasteiger charge is 2.10. The fraction of sp³-hybridized carbons (Fsp3) is 0.0588. The van der Waals surface area contributed by atoms with Crippen molar-refractivity contribution in [1.82, 2.24) is 15.0 Å². The zero-order valence-electron chi connectivity index (χ0n) is 11.1. The molecule has 0 spiro atoms. The van der Waals surface area contributed by atoms with E-state index in [-0.39, 0.29) is 0 Å². The van der Waals surface area contributed by atoms with Crippen LogP contribution in [0.2, 0.25) is 0 Å². The van der Waals surface area contributed by atoms with E-state index in [0.717, 1.165) is 28.1 Å². The Kier molecular flexibility index (Phi) is 2.33. The van der Waals surface area contributed by atoms with Crippen LogP contribution >= 0.6 is 0 Å². The van der Waals surface area contributed by atoms with E-state index in [9.17, 15) is 0 Å². The number of aromatic nitrogens is 3. The summed E-state index contributed by atoms with van der Waals surface area (Å²) in [6, 6.07) is 16.6. The number of nitrogens with one attached hydrogen (secondary N) is 1. The van der Waals surface area contributed by atoms with Crippen LogP contribution in [0, 0.1) is 6.92 Å². The second-order valence-electron chi connectivity index (χ2n) is 4.94. The van der Waals surface area contributed by atoms with Gasteiger partial charge < -0.3 is 4.98 Å². The molecule has 2 aromatic heterocycles. The molecule has 0 aliphatic carbocycles. The predicted octanol–water partition coefficient (Wildman–Crippen LogP) is 4.09. The summed E-state index contributed by atoms with van der Waals surface area (Å²) in [6.45, 7) is 2.06. The standard InChI is InChI=1S/C17H13N3/c1-11-9-10-18-17-15(11)19-16(20-17)14-8-4-6-12-5-2-3-7-13(12)14/h2-10H,1H3,(H,18,19,20). The Balaban J connectivity index is 2.04. The number of hydrogen-bond acceptors (Lipinski definition) is 2. The Morgan fingerprint density at radius 1 is 0.950 bits per heavy atom. The molecule has 3 heteroatoms. The quantitative estimate of drug-likeness (QED) is 0.559.